The number of nitrogens with zero attached hydrogens (tertiary/aromatic N) is 4. The molecule has 2 aromatic carbocycles. The van der Waals surface area contributed by atoms with Crippen molar-refractivity contribution in [2.45, 2.75) is 0 Å². The maximum Gasteiger partial charge on any atom is 0.253 e. The molecule has 4 rings (SSSR count). The Morgan fingerprint density at radius 3 is 2.28 bits per heavy atom. The lowest BCUT2D eigenvalue weighted by atomic mass is 10.0. The van der Waals surface area contributed by atoms with Crippen LogP contribution < -0.4 is 5.32 Å². The minimum absolute atomic E-state index is 0.0302. The number of carbonyl (C=O) groups excluding carboxylic acids is 2. The third-order valence-electron chi connectivity index (χ3n) is 4.87. The smallest absolute Gasteiger partial charge is 0.253 e. The number of carbonyl (C=O) groups is 2. The zero-order valence-electron chi connectivity index (χ0n) is 15.8. The highest BCUT2D eigenvalue weighted by Gasteiger charge is 2.23. The summed E-state index contributed by atoms with van der Waals surface area (Å²) in [6.07, 6.45) is 0. The highest BCUT2D eigenvalue weighted by atomic mass is 32.1. The van der Waals surface area contributed by atoms with Gasteiger partial charge in [0, 0.05) is 31.7 Å². The summed E-state index contributed by atoms with van der Waals surface area (Å²) in [5.41, 5.74) is 4.49. The predicted octanol–water partition coefficient (Wildman–Crippen LogP) is 2.60. The fraction of sp³-hybridized carbons (Fsp3) is 0.238. The zero-order chi connectivity index (χ0) is 20.1. The Morgan fingerprint density at radius 2 is 1.62 bits per heavy atom. The van der Waals surface area contributed by atoms with Crippen molar-refractivity contribution in [2.24, 2.45) is 0 Å². The van der Waals surface area contributed by atoms with Gasteiger partial charge in [-0.15, -0.1) is 10.2 Å². The molecule has 0 atom stereocenters. The Bertz CT molecular complexity index is 953. The van der Waals surface area contributed by atoms with Gasteiger partial charge in [-0.3, -0.25) is 19.8 Å². The number of aromatic nitrogens is 2. The molecule has 0 saturated carbocycles. The van der Waals surface area contributed by atoms with Crippen molar-refractivity contribution >= 4 is 28.3 Å². The van der Waals surface area contributed by atoms with Crippen LogP contribution in [0.3, 0.4) is 0 Å². The number of hydrogen-bond donors (Lipinski definition) is 1. The molecule has 0 aliphatic carbocycles. The fourth-order valence-electron chi connectivity index (χ4n) is 3.32. The molecule has 1 aromatic heterocycles. The van der Waals surface area contributed by atoms with E-state index in [1.165, 1.54) is 11.3 Å². The molecule has 1 saturated heterocycles. The molecule has 1 aliphatic heterocycles. The Hall–Kier alpha value is -3.10. The van der Waals surface area contributed by atoms with E-state index in [1.807, 2.05) is 52.3 Å². The first-order valence-corrected chi connectivity index (χ1v) is 10.3. The minimum Gasteiger partial charge on any atom is -0.336 e. The Balaban J connectivity index is 1.29. The maximum absolute atomic E-state index is 12.8. The van der Waals surface area contributed by atoms with Crippen LogP contribution >= 0.6 is 11.3 Å². The molecule has 0 unspecified atom stereocenters. The molecule has 0 radical (unpaired) electrons. The highest BCUT2D eigenvalue weighted by molar-refractivity contribution is 7.13. The Kier molecular flexibility index (Phi) is 5.92. The Morgan fingerprint density at radius 1 is 0.931 bits per heavy atom. The lowest BCUT2D eigenvalue weighted by Crippen LogP contribution is -2.50. The number of anilines is 1. The third kappa shape index (κ3) is 4.85. The number of amides is 2. The van der Waals surface area contributed by atoms with E-state index in [9.17, 15) is 9.59 Å². The van der Waals surface area contributed by atoms with Crippen molar-refractivity contribution in [2.75, 3.05) is 38.0 Å². The van der Waals surface area contributed by atoms with Gasteiger partial charge in [0.05, 0.1) is 6.54 Å². The number of hydrogen-bond acceptors (Lipinski definition) is 6. The van der Waals surface area contributed by atoms with Gasteiger partial charge in [0.15, 0.2) is 0 Å². The summed E-state index contributed by atoms with van der Waals surface area (Å²) in [7, 11) is 0. The van der Waals surface area contributed by atoms with E-state index in [0.29, 0.717) is 36.9 Å². The molecule has 0 bridgehead atoms. The van der Waals surface area contributed by atoms with Crippen LogP contribution in [-0.2, 0) is 4.79 Å². The standard InChI is InChI=1S/C21H21N5O2S/c27-19(23-21-24-22-15-29-21)14-25-10-12-26(13-11-25)20(28)18-8-6-17(7-9-18)16-4-2-1-3-5-16/h1-9,15H,10-14H2,(H,23,24,27). The van der Waals surface area contributed by atoms with Crippen molar-refractivity contribution in [3.8, 4) is 11.1 Å². The van der Waals surface area contributed by atoms with Crippen LogP contribution in [0.4, 0.5) is 5.13 Å². The van der Waals surface area contributed by atoms with Crippen molar-refractivity contribution in [1.82, 2.24) is 20.0 Å². The van der Waals surface area contributed by atoms with Gasteiger partial charge >= 0.3 is 0 Å². The van der Waals surface area contributed by atoms with E-state index >= 15 is 0 Å². The molecule has 148 valence electrons. The number of benzene rings is 2. The van der Waals surface area contributed by atoms with E-state index < -0.39 is 0 Å². The van der Waals surface area contributed by atoms with Gasteiger partial charge in [0.25, 0.3) is 5.91 Å². The second-order valence-corrected chi connectivity index (χ2v) is 7.64. The fourth-order valence-corrected chi connectivity index (χ4v) is 3.78. The molecule has 0 spiro atoms. The van der Waals surface area contributed by atoms with Crippen molar-refractivity contribution in [1.29, 1.82) is 0 Å². The summed E-state index contributed by atoms with van der Waals surface area (Å²) in [6, 6.07) is 17.8. The van der Waals surface area contributed by atoms with Gasteiger partial charge in [-0.1, -0.05) is 53.8 Å². The zero-order valence-corrected chi connectivity index (χ0v) is 16.6. The number of piperazine rings is 1. The highest BCUT2D eigenvalue weighted by Crippen LogP contribution is 2.20. The second kappa shape index (κ2) is 8.93. The lowest BCUT2D eigenvalue weighted by molar-refractivity contribution is -0.117. The molecule has 2 heterocycles. The summed E-state index contributed by atoms with van der Waals surface area (Å²) in [4.78, 5) is 28.8. The van der Waals surface area contributed by atoms with Crippen LogP contribution in [0.15, 0.2) is 60.1 Å². The van der Waals surface area contributed by atoms with Crippen molar-refractivity contribution in [3.05, 3.63) is 65.7 Å². The molecule has 29 heavy (non-hydrogen) atoms. The van der Waals surface area contributed by atoms with Gasteiger partial charge in [-0.05, 0) is 23.3 Å². The molecular formula is C21H21N5O2S. The molecule has 7 nitrogen and oxygen atoms in total. The van der Waals surface area contributed by atoms with Gasteiger partial charge in [-0.2, -0.15) is 0 Å². The number of rotatable bonds is 5. The first-order chi connectivity index (χ1) is 14.2. The largest absolute Gasteiger partial charge is 0.336 e. The lowest BCUT2D eigenvalue weighted by Gasteiger charge is -2.34. The molecule has 1 fully saturated rings. The van der Waals surface area contributed by atoms with Crippen LogP contribution in [0, 0.1) is 0 Å². The second-order valence-electron chi connectivity index (χ2n) is 6.80. The van der Waals surface area contributed by atoms with E-state index in [-0.39, 0.29) is 18.4 Å². The normalized spacial score (nSPS) is 14.6. The molecule has 1 N–H and O–H groups in total. The van der Waals surface area contributed by atoms with Gasteiger partial charge in [-0.25, -0.2) is 0 Å². The Labute approximate surface area is 173 Å². The quantitative estimate of drug-likeness (QED) is 0.703. The van der Waals surface area contributed by atoms with Crippen molar-refractivity contribution in [3.63, 3.8) is 0 Å². The molecule has 1 aliphatic rings. The van der Waals surface area contributed by atoms with Gasteiger partial charge in [0.1, 0.15) is 5.51 Å². The van der Waals surface area contributed by atoms with Crippen LogP contribution in [0.5, 0.6) is 0 Å². The summed E-state index contributed by atoms with van der Waals surface area (Å²) in [6.45, 7) is 2.82. The van der Waals surface area contributed by atoms with Gasteiger partial charge < -0.3 is 4.90 Å². The topological polar surface area (TPSA) is 78.4 Å². The first kappa shape index (κ1) is 19.2. The first-order valence-electron chi connectivity index (χ1n) is 9.42. The molecule has 3 aromatic rings. The summed E-state index contributed by atoms with van der Waals surface area (Å²) < 4.78 is 0. The summed E-state index contributed by atoms with van der Waals surface area (Å²) in [5.74, 6) is -0.0828. The van der Waals surface area contributed by atoms with E-state index in [4.69, 9.17) is 0 Å². The van der Waals surface area contributed by atoms with Gasteiger partial charge in [0.2, 0.25) is 11.0 Å². The summed E-state index contributed by atoms with van der Waals surface area (Å²) >= 11 is 1.29. The average molecular weight is 407 g/mol. The van der Waals surface area contributed by atoms with E-state index in [0.717, 1.165) is 11.1 Å². The monoisotopic (exact) mass is 407 g/mol. The predicted molar refractivity (Wildman–Crippen MR) is 113 cm³/mol. The maximum atomic E-state index is 12.8. The molecule has 8 heteroatoms. The van der Waals surface area contributed by atoms with Crippen LogP contribution in [0.25, 0.3) is 11.1 Å². The van der Waals surface area contributed by atoms with Crippen LogP contribution in [0.1, 0.15) is 10.4 Å². The average Bonchev–Trinajstić information content (AvgIpc) is 3.27. The van der Waals surface area contributed by atoms with E-state index in [1.54, 1.807) is 5.51 Å². The van der Waals surface area contributed by atoms with E-state index in [2.05, 4.69) is 27.6 Å². The summed E-state index contributed by atoms with van der Waals surface area (Å²) in [5, 5.41) is 10.7. The third-order valence-corrected chi connectivity index (χ3v) is 5.48. The number of nitrogens with one attached hydrogen (secondary N) is 1. The van der Waals surface area contributed by atoms with Crippen molar-refractivity contribution < 1.29 is 9.59 Å². The SMILES string of the molecule is O=C(CN1CCN(C(=O)c2ccc(-c3ccccc3)cc2)CC1)Nc1nncs1. The van der Waals surface area contributed by atoms with Crippen LogP contribution in [0.2, 0.25) is 0 Å². The molecule has 2 amide bonds. The minimum atomic E-state index is -0.113. The molecular weight excluding hydrogens is 386 g/mol. The van der Waals surface area contributed by atoms with Crippen LogP contribution in [-0.4, -0.2) is 64.5 Å².